The molecule has 1 aliphatic rings. The molecule has 1 saturated carbocycles. The minimum atomic E-state index is -0.480. The van der Waals surface area contributed by atoms with Crippen molar-refractivity contribution in [1.82, 2.24) is 0 Å². The van der Waals surface area contributed by atoms with E-state index in [1.807, 2.05) is 0 Å². The molecule has 2 rings (SSSR count). The second-order valence-corrected chi connectivity index (χ2v) is 6.03. The van der Waals surface area contributed by atoms with Gasteiger partial charge in [-0.25, -0.2) is 0 Å². The van der Waals surface area contributed by atoms with E-state index >= 15 is 0 Å². The van der Waals surface area contributed by atoms with Crippen molar-refractivity contribution in [3.63, 3.8) is 0 Å². The number of hydrogen-bond acceptors (Lipinski definition) is 5. The molecule has 1 aliphatic carbocycles. The molecular weight excluding hydrogens is 266 g/mol. The predicted octanol–water partition coefficient (Wildman–Crippen LogP) is 3.82. The zero-order valence-electron chi connectivity index (χ0n) is 11.0. The molecule has 104 valence electrons. The lowest BCUT2D eigenvalue weighted by atomic mass is 9.88. The van der Waals surface area contributed by atoms with Crippen molar-refractivity contribution in [1.29, 1.82) is 0 Å². The van der Waals surface area contributed by atoms with E-state index < -0.39 is 4.92 Å². The highest BCUT2D eigenvalue weighted by Crippen LogP contribution is 2.40. The number of ketones is 1. The molecule has 5 nitrogen and oxygen atoms in total. The fourth-order valence-electron chi connectivity index (χ4n) is 2.34. The fourth-order valence-corrected chi connectivity index (χ4v) is 3.27. The van der Waals surface area contributed by atoms with E-state index in [0.717, 1.165) is 30.6 Å². The summed E-state index contributed by atoms with van der Waals surface area (Å²) >= 11 is 1.08. The third-order valence-corrected chi connectivity index (χ3v) is 4.63. The monoisotopic (exact) mass is 283 g/mol. The maximum atomic E-state index is 11.3. The number of carbonyl (C=O) groups is 1. The molecule has 1 aromatic heterocycles. The first-order chi connectivity index (χ1) is 8.99. The number of hydrogen-bond donors (Lipinski definition) is 0. The van der Waals surface area contributed by atoms with E-state index in [1.165, 1.54) is 19.4 Å². The van der Waals surface area contributed by atoms with Gasteiger partial charge in [0.15, 0.2) is 5.78 Å². The van der Waals surface area contributed by atoms with Crippen LogP contribution in [0, 0.1) is 16.0 Å². The minimum absolute atomic E-state index is 0.0194. The molecule has 19 heavy (non-hydrogen) atoms. The maximum absolute atomic E-state index is 11.3. The topological polar surface area (TPSA) is 69.4 Å². The number of thiophene rings is 1. The Morgan fingerprint density at radius 3 is 2.74 bits per heavy atom. The molecule has 0 amide bonds. The van der Waals surface area contributed by atoms with Crippen LogP contribution in [0.3, 0.4) is 0 Å². The van der Waals surface area contributed by atoms with Crippen LogP contribution in [-0.2, 0) is 0 Å². The molecular formula is C13H17NO4S. The number of rotatable bonds is 4. The van der Waals surface area contributed by atoms with Gasteiger partial charge < -0.3 is 4.74 Å². The Kier molecular flexibility index (Phi) is 4.19. The predicted molar refractivity (Wildman–Crippen MR) is 73.0 cm³/mol. The summed E-state index contributed by atoms with van der Waals surface area (Å²) in [5, 5.41) is 11.3. The molecule has 0 spiro atoms. The SMILES string of the molecule is CC(=O)c1cc([N+](=O)[O-])c(OC2CCCCC2C)s1. The highest BCUT2D eigenvalue weighted by Gasteiger charge is 2.28. The van der Waals surface area contributed by atoms with Crippen molar-refractivity contribution in [3.8, 4) is 5.06 Å². The van der Waals surface area contributed by atoms with E-state index in [1.54, 1.807) is 0 Å². The normalized spacial score (nSPS) is 23.1. The number of nitro groups is 1. The Labute approximate surface area is 115 Å². The number of carbonyl (C=O) groups excluding carboxylic acids is 1. The van der Waals surface area contributed by atoms with Gasteiger partial charge in [0.1, 0.15) is 6.10 Å². The highest BCUT2D eigenvalue weighted by atomic mass is 32.1. The molecule has 0 bridgehead atoms. The summed E-state index contributed by atoms with van der Waals surface area (Å²) in [5.74, 6) is 0.232. The van der Waals surface area contributed by atoms with Crippen molar-refractivity contribution < 1.29 is 14.5 Å². The first-order valence-corrected chi connectivity index (χ1v) is 7.26. The summed E-state index contributed by atoms with van der Waals surface area (Å²) in [6, 6.07) is 1.32. The van der Waals surface area contributed by atoms with Crippen molar-refractivity contribution in [2.24, 2.45) is 5.92 Å². The van der Waals surface area contributed by atoms with Crippen molar-refractivity contribution in [2.75, 3.05) is 0 Å². The molecule has 0 radical (unpaired) electrons. The van der Waals surface area contributed by atoms with Gasteiger partial charge in [-0.2, -0.15) is 0 Å². The lowest BCUT2D eigenvalue weighted by molar-refractivity contribution is -0.385. The van der Waals surface area contributed by atoms with Crippen LogP contribution in [0.15, 0.2) is 6.07 Å². The molecule has 2 unspecified atom stereocenters. The molecule has 6 heteroatoms. The minimum Gasteiger partial charge on any atom is -0.475 e. The summed E-state index contributed by atoms with van der Waals surface area (Å²) in [7, 11) is 0. The largest absolute Gasteiger partial charge is 0.475 e. The van der Waals surface area contributed by atoms with Crippen LogP contribution >= 0.6 is 11.3 Å². The van der Waals surface area contributed by atoms with Gasteiger partial charge in [-0.15, -0.1) is 0 Å². The highest BCUT2D eigenvalue weighted by molar-refractivity contribution is 7.16. The van der Waals surface area contributed by atoms with Gasteiger partial charge in [-0.3, -0.25) is 14.9 Å². The van der Waals surface area contributed by atoms with Gasteiger partial charge in [-0.1, -0.05) is 24.7 Å². The molecule has 1 aromatic rings. The van der Waals surface area contributed by atoms with Crippen LogP contribution in [-0.4, -0.2) is 16.8 Å². The van der Waals surface area contributed by atoms with Crippen LogP contribution in [0.1, 0.15) is 49.2 Å². The van der Waals surface area contributed by atoms with Crippen LogP contribution in [0.4, 0.5) is 5.69 Å². The Morgan fingerprint density at radius 2 is 2.16 bits per heavy atom. The first kappa shape index (κ1) is 14.0. The molecule has 1 heterocycles. The van der Waals surface area contributed by atoms with Crippen LogP contribution in [0.25, 0.3) is 0 Å². The summed E-state index contributed by atoms with van der Waals surface area (Å²) < 4.78 is 5.82. The average Bonchev–Trinajstić information content (AvgIpc) is 2.76. The summed E-state index contributed by atoms with van der Waals surface area (Å²) in [4.78, 5) is 22.2. The lowest BCUT2D eigenvalue weighted by Crippen LogP contribution is -2.28. The van der Waals surface area contributed by atoms with Gasteiger partial charge >= 0.3 is 5.69 Å². The van der Waals surface area contributed by atoms with Gasteiger partial charge in [0.05, 0.1) is 9.80 Å². The Hall–Kier alpha value is -1.43. The molecule has 0 aromatic carbocycles. The number of ether oxygens (including phenoxy) is 1. The third-order valence-electron chi connectivity index (χ3n) is 3.51. The average molecular weight is 283 g/mol. The first-order valence-electron chi connectivity index (χ1n) is 6.45. The van der Waals surface area contributed by atoms with Crippen LogP contribution < -0.4 is 4.74 Å². The van der Waals surface area contributed by atoms with Gasteiger partial charge in [0.2, 0.25) is 0 Å². The molecule has 0 saturated heterocycles. The van der Waals surface area contributed by atoms with E-state index in [-0.39, 0.29) is 22.6 Å². The van der Waals surface area contributed by atoms with Crippen molar-refractivity contribution >= 4 is 22.8 Å². The molecule has 0 aliphatic heterocycles. The summed E-state index contributed by atoms with van der Waals surface area (Å²) in [6.07, 6.45) is 4.31. The molecule has 1 fully saturated rings. The zero-order valence-corrected chi connectivity index (χ0v) is 11.9. The molecule has 2 atom stereocenters. The standard InChI is InChI=1S/C13H17NO4S/c1-8-5-3-4-6-11(8)18-13-10(14(16)17)7-12(19-13)9(2)15/h7-8,11H,3-6H2,1-2H3. The zero-order chi connectivity index (χ0) is 14.0. The Morgan fingerprint density at radius 1 is 1.47 bits per heavy atom. The number of Topliss-reactive ketones (excluding diaryl/α,β-unsaturated/α-hetero) is 1. The summed E-state index contributed by atoms with van der Waals surface area (Å²) in [5.41, 5.74) is -0.0898. The van der Waals surface area contributed by atoms with E-state index in [0.29, 0.717) is 10.8 Å². The van der Waals surface area contributed by atoms with Crippen molar-refractivity contribution in [2.45, 2.75) is 45.6 Å². The fraction of sp³-hybridized carbons (Fsp3) is 0.615. The van der Waals surface area contributed by atoms with E-state index in [2.05, 4.69) is 6.92 Å². The second kappa shape index (κ2) is 5.69. The van der Waals surface area contributed by atoms with Gasteiger partial charge in [-0.05, 0) is 32.1 Å². The van der Waals surface area contributed by atoms with Crippen molar-refractivity contribution in [3.05, 3.63) is 21.1 Å². The Balaban J connectivity index is 2.22. The van der Waals surface area contributed by atoms with Crippen LogP contribution in [0.2, 0.25) is 0 Å². The van der Waals surface area contributed by atoms with Crippen LogP contribution in [0.5, 0.6) is 5.06 Å². The number of nitrogens with zero attached hydrogens (tertiary/aromatic N) is 1. The quantitative estimate of drug-likeness (QED) is 0.478. The maximum Gasteiger partial charge on any atom is 0.323 e. The Bertz CT molecular complexity index is 497. The second-order valence-electron chi connectivity index (χ2n) is 5.01. The van der Waals surface area contributed by atoms with E-state index in [4.69, 9.17) is 4.74 Å². The molecule has 0 N–H and O–H groups in total. The third kappa shape index (κ3) is 3.12. The smallest absolute Gasteiger partial charge is 0.323 e. The lowest BCUT2D eigenvalue weighted by Gasteiger charge is -2.28. The van der Waals surface area contributed by atoms with Gasteiger partial charge in [0, 0.05) is 6.07 Å². The van der Waals surface area contributed by atoms with Gasteiger partial charge in [0.25, 0.3) is 5.06 Å². The summed E-state index contributed by atoms with van der Waals surface area (Å²) in [6.45, 7) is 3.51. The van der Waals surface area contributed by atoms with E-state index in [9.17, 15) is 14.9 Å².